The van der Waals surface area contributed by atoms with Gasteiger partial charge in [0.05, 0.1) is 30.8 Å². The maximum atomic E-state index is 13.4. The number of hydrogen-bond donors (Lipinski definition) is 5. The van der Waals surface area contributed by atoms with Gasteiger partial charge in [0.2, 0.25) is 5.91 Å². The van der Waals surface area contributed by atoms with Gasteiger partial charge in [0.15, 0.2) is 0 Å². The van der Waals surface area contributed by atoms with Crippen molar-refractivity contribution in [2.24, 2.45) is 35.5 Å². The Hall–Kier alpha value is -1.75. The van der Waals surface area contributed by atoms with Crippen LogP contribution in [-0.2, 0) is 23.9 Å². The summed E-state index contributed by atoms with van der Waals surface area (Å²) in [7, 11) is 0. The number of rotatable bonds is 12. The average Bonchev–Trinajstić information content (AvgIpc) is 2.87. The molecule has 10 heteroatoms. The van der Waals surface area contributed by atoms with E-state index in [1.165, 1.54) is 0 Å². The molecule has 0 aromatic carbocycles. The molecule has 1 heterocycles. The number of ether oxygens (including phenoxy) is 2. The van der Waals surface area contributed by atoms with Crippen LogP contribution in [0.5, 0.6) is 0 Å². The Bertz CT molecular complexity index is 835. The van der Waals surface area contributed by atoms with Gasteiger partial charge in [-0.25, -0.2) is 4.79 Å². The van der Waals surface area contributed by atoms with E-state index < -0.39 is 60.5 Å². The van der Waals surface area contributed by atoms with Crippen LogP contribution in [0.1, 0.15) is 107 Å². The molecular formula is C32H59NO9. The molecule has 0 spiro atoms. The lowest BCUT2D eigenvalue weighted by Crippen LogP contribution is -2.48. The number of aliphatic hydroxyl groups excluding tert-OH is 4. The minimum Gasteiger partial charge on any atom is -0.462 e. The van der Waals surface area contributed by atoms with Gasteiger partial charge in [-0.2, -0.15) is 0 Å². The molecule has 10 nitrogen and oxygen atoms in total. The summed E-state index contributed by atoms with van der Waals surface area (Å²) in [6.07, 6.45) is -2.64. The Labute approximate surface area is 252 Å². The molecule has 42 heavy (non-hydrogen) atoms. The zero-order valence-corrected chi connectivity index (χ0v) is 27.3. The second-order valence-corrected chi connectivity index (χ2v) is 13.4. The SMILES string of the molecule is CCCC(=O)O[C@H](C[C@H](C)O)[C@@H](C)[C@@H](O)[C@@H](C)C[C@H](C)[C@@H]1OC(=O)[C@H](C(C)C)NC(=O)C[C@@H](O)C[C@H](O)[C@H](C)C[C@H]1C. The third kappa shape index (κ3) is 12.5. The van der Waals surface area contributed by atoms with Crippen molar-refractivity contribution in [3.05, 3.63) is 0 Å². The normalized spacial score (nSPS) is 30.8. The molecule has 0 radical (unpaired) electrons. The number of carbonyl (C=O) groups is 3. The number of aliphatic hydroxyl groups is 4. The van der Waals surface area contributed by atoms with Crippen LogP contribution in [-0.4, -0.2) is 80.9 Å². The topological polar surface area (TPSA) is 163 Å². The average molecular weight is 602 g/mol. The van der Waals surface area contributed by atoms with Crippen molar-refractivity contribution >= 4 is 17.8 Å². The second kappa shape index (κ2) is 18.1. The summed E-state index contributed by atoms with van der Waals surface area (Å²) in [6, 6.07) is -0.892. The monoisotopic (exact) mass is 601 g/mol. The molecule has 0 aliphatic carbocycles. The highest BCUT2D eigenvalue weighted by atomic mass is 16.5. The van der Waals surface area contributed by atoms with Gasteiger partial charge in [0, 0.05) is 18.8 Å². The van der Waals surface area contributed by atoms with Crippen LogP contribution in [0.2, 0.25) is 0 Å². The summed E-state index contributed by atoms with van der Waals surface area (Å²) in [5.74, 6) is -2.90. The van der Waals surface area contributed by atoms with Crippen molar-refractivity contribution in [2.45, 2.75) is 150 Å². The number of cyclic esters (lactones) is 1. The van der Waals surface area contributed by atoms with Crippen molar-refractivity contribution in [1.29, 1.82) is 0 Å². The number of nitrogens with one attached hydrogen (secondary N) is 1. The van der Waals surface area contributed by atoms with Gasteiger partial charge in [0.25, 0.3) is 0 Å². The maximum Gasteiger partial charge on any atom is 0.329 e. The molecule has 12 atom stereocenters. The zero-order chi connectivity index (χ0) is 32.3. The predicted octanol–water partition coefficient (Wildman–Crippen LogP) is 3.36. The minimum atomic E-state index is -1.03. The van der Waals surface area contributed by atoms with E-state index in [-0.39, 0.29) is 61.2 Å². The van der Waals surface area contributed by atoms with Gasteiger partial charge >= 0.3 is 11.9 Å². The molecule has 1 aliphatic rings. The van der Waals surface area contributed by atoms with E-state index in [0.29, 0.717) is 19.3 Å². The van der Waals surface area contributed by atoms with Crippen molar-refractivity contribution in [3.63, 3.8) is 0 Å². The van der Waals surface area contributed by atoms with Crippen LogP contribution < -0.4 is 5.32 Å². The second-order valence-electron chi connectivity index (χ2n) is 13.4. The van der Waals surface area contributed by atoms with Gasteiger partial charge in [0.1, 0.15) is 18.2 Å². The van der Waals surface area contributed by atoms with Gasteiger partial charge in [-0.15, -0.1) is 0 Å². The highest BCUT2D eigenvalue weighted by Gasteiger charge is 2.38. The quantitative estimate of drug-likeness (QED) is 0.211. The van der Waals surface area contributed by atoms with E-state index in [4.69, 9.17) is 9.47 Å². The van der Waals surface area contributed by atoms with Crippen LogP contribution in [0.4, 0.5) is 0 Å². The summed E-state index contributed by atoms with van der Waals surface area (Å²) in [4.78, 5) is 38.2. The zero-order valence-electron chi connectivity index (χ0n) is 27.3. The third-order valence-corrected chi connectivity index (χ3v) is 8.71. The molecule has 1 amide bonds. The molecule has 1 saturated heterocycles. The summed E-state index contributed by atoms with van der Waals surface area (Å²) in [5, 5.41) is 45.1. The van der Waals surface area contributed by atoms with Crippen molar-refractivity contribution in [1.82, 2.24) is 5.32 Å². The third-order valence-electron chi connectivity index (χ3n) is 8.71. The maximum absolute atomic E-state index is 13.4. The number of esters is 2. The van der Waals surface area contributed by atoms with Crippen LogP contribution in [0, 0.1) is 35.5 Å². The van der Waals surface area contributed by atoms with Gasteiger partial charge in [-0.1, -0.05) is 55.4 Å². The Kier molecular flexibility index (Phi) is 16.5. The number of hydrogen-bond acceptors (Lipinski definition) is 9. The molecule has 1 rings (SSSR count). The molecule has 246 valence electrons. The van der Waals surface area contributed by atoms with Crippen LogP contribution in [0.25, 0.3) is 0 Å². The highest BCUT2D eigenvalue weighted by molar-refractivity contribution is 5.85. The molecule has 1 fully saturated rings. The van der Waals surface area contributed by atoms with E-state index in [1.807, 2.05) is 55.4 Å². The summed E-state index contributed by atoms with van der Waals surface area (Å²) in [5.41, 5.74) is 0. The first-order valence-electron chi connectivity index (χ1n) is 15.9. The fraction of sp³-hybridized carbons (Fsp3) is 0.906. The minimum absolute atomic E-state index is 0.0558. The van der Waals surface area contributed by atoms with Gasteiger partial charge in [-0.05, 0) is 62.2 Å². The van der Waals surface area contributed by atoms with E-state index in [0.717, 1.165) is 0 Å². The molecule has 5 N–H and O–H groups in total. The van der Waals surface area contributed by atoms with Crippen LogP contribution >= 0.6 is 0 Å². The summed E-state index contributed by atoms with van der Waals surface area (Å²) >= 11 is 0. The molecule has 0 aromatic heterocycles. The molecular weight excluding hydrogens is 542 g/mol. The van der Waals surface area contributed by atoms with Crippen molar-refractivity contribution in [2.75, 3.05) is 0 Å². The molecule has 0 aromatic rings. The number of carbonyl (C=O) groups excluding carboxylic acids is 3. The largest absolute Gasteiger partial charge is 0.462 e. The van der Waals surface area contributed by atoms with Crippen molar-refractivity contribution in [3.8, 4) is 0 Å². The fourth-order valence-electron chi connectivity index (χ4n) is 6.15. The van der Waals surface area contributed by atoms with E-state index in [9.17, 15) is 34.8 Å². The Morgan fingerprint density at radius 2 is 1.62 bits per heavy atom. The van der Waals surface area contributed by atoms with Gasteiger partial charge < -0.3 is 35.2 Å². The summed E-state index contributed by atoms with van der Waals surface area (Å²) < 4.78 is 11.8. The van der Waals surface area contributed by atoms with Crippen LogP contribution in [0.15, 0.2) is 0 Å². The first-order valence-corrected chi connectivity index (χ1v) is 15.9. The van der Waals surface area contributed by atoms with E-state index >= 15 is 0 Å². The number of amides is 1. The molecule has 0 bridgehead atoms. The highest BCUT2D eigenvalue weighted by Crippen LogP contribution is 2.33. The molecule has 0 unspecified atom stereocenters. The van der Waals surface area contributed by atoms with Crippen LogP contribution in [0.3, 0.4) is 0 Å². The fourth-order valence-corrected chi connectivity index (χ4v) is 6.15. The molecule has 1 aliphatic heterocycles. The smallest absolute Gasteiger partial charge is 0.329 e. The summed E-state index contributed by atoms with van der Waals surface area (Å²) in [6.45, 7) is 16.6. The van der Waals surface area contributed by atoms with E-state index in [1.54, 1.807) is 6.92 Å². The van der Waals surface area contributed by atoms with Gasteiger partial charge in [-0.3, -0.25) is 9.59 Å². The Morgan fingerprint density at radius 1 is 1.00 bits per heavy atom. The lowest BCUT2D eigenvalue weighted by molar-refractivity contribution is -0.161. The standard InChI is InChI=1S/C32H59NO9/c1-10-11-28(38)41-26(14-22(8)34)23(9)30(39)19(5)13-21(7)31-20(6)12-18(4)25(36)15-24(35)16-27(37)33-29(17(2)3)32(40)42-31/h17-26,29-31,34-36,39H,10-16H2,1-9H3,(H,33,37)/t18-,19+,20-,21+,22+,23-,24+,25+,26-,29+,30+,31-/m1/s1. The first-order chi connectivity index (χ1) is 19.5. The predicted molar refractivity (Wildman–Crippen MR) is 160 cm³/mol. The van der Waals surface area contributed by atoms with Crippen molar-refractivity contribution < 1.29 is 44.3 Å². The lowest BCUT2D eigenvalue weighted by atomic mass is 9.78. The first kappa shape index (κ1) is 38.3. The molecule has 0 saturated carbocycles. The Morgan fingerprint density at radius 3 is 2.17 bits per heavy atom. The Balaban J connectivity index is 3.19. The van der Waals surface area contributed by atoms with E-state index in [2.05, 4.69) is 5.32 Å². The lowest BCUT2D eigenvalue weighted by Gasteiger charge is -2.36.